The number of nitrogens with one attached hydrogen (secondary N) is 1. The normalized spacial score (nSPS) is 10.3. The van der Waals surface area contributed by atoms with Crippen LogP contribution in [0, 0.1) is 6.92 Å². The Labute approximate surface area is 119 Å². The van der Waals surface area contributed by atoms with Crippen molar-refractivity contribution in [2.45, 2.75) is 19.8 Å². The molecule has 20 heavy (non-hydrogen) atoms. The summed E-state index contributed by atoms with van der Waals surface area (Å²) in [6, 6.07) is 5.79. The average molecular weight is 281 g/mol. The summed E-state index contributed by atoms with van der Waals surface area (Å²) in [6.45, 7) is 3.46. The first-order chi connectivity index (χ1) is 9.67. The van der Waals surface area contributed by atoms with Crippen molar-refractivity contribution in [3.63, 3.8) is 0 Å². The summed E-state index contributed by atoms with van der Waals surface area (Å²) in [7, 11) is 1.60. The van der Waals surface area contributed by atoms with Gasteiger partial charge in [-0.15, -0.1) is 0 Å². The zero-order valence-electron chi connectivity index (χ0n) is 12.1. The number of hydrogen-bond acceptors (Lipinski definition) is 4. The van der Waals surface area contributed by atoms with Crippen LogP contribution in [0.1, 0.15) is 17.5 Å². The zero-order valence-corrected chi connectivity index (χ0v) is 12.1. The Hall–Kier alpha value is -1.59. The minimum Gasteiger partial charge on any atom is -0.496 e. The Balaban J connectivity index is 2.33. The van der Waals surface area contributed by atoms with Gasteiger partial charge in [-0.25, -0.2) is 0 Å². The predicted molar refractivity (Wildman–Crippen MR) is 77.0 cm³/mol. The summed E-state index contributed by atoms with van der Waals surface area (Å²) in [5.74, 6) is 0.702. The van der Waals surface area contributed by atoms with Crippen LogP contribution in [0.4, 0.5) is 0 Å². The minimum atomic E-state index is -0.0314. The third-order valence-electron chi connectivity index (χ3n) is 2.81. The molecule has 5 nitrogen and oxygen atoms in total. The highest BCUT2D eigenvalue weighted by molar-refractivity contribution is 5.79. The average Bonchev–Trinajstić information content (AvgIpc) is 2.43. The van der Waals surface area contributed by atoms with Crippen molar-refractivity contribution >= 4 is 5.91 Å². The molecule has 0 bridgehead atoms. The Kier molecular flexibility index (Phi) is 7.69. The van der Waals surface area contributed by atoms with Crippen LogP contribution in [0.2, 0.25) is 0 Å². The van der Waals surface area contributed by atoms with E-state index in [1.807, 2.05) is 25.1 Å². The van der Waals surface area contributed by atoms with Gasteiger partial charge >= 0.3 is 0 Å². The minimum absolute atomic E-state index is 0.0273. The molecule has 0 aliphatic carbocycles. The summed E-state index contributed by atoms with van der Waals surface area (Å²) < 4.78 is 10.4. The maximum atomic E-state index is 11.8. The SMILES string of the molecule is COc1ccc(C)cc1CC(=O)NCCCOCCO. The summed E-state index contributed by atoms with van der Waals surface area (Å²) in [4.78, 5) is 11.8. The summed E-state index contributed by atoms with van der Waals surface area (Å²) >= 11 is 0. The van der Waals surface area contributed by atoms with E-state index in [1.165, 1.54) is 0 Å². The number of carbonyl (C=O) groups is 1. The maximum Gasteiger partial charge on any atom is 0.224 e. The highest BCUT2D eigenvalue weighted by atomic mass is 16.5. The molecule has 5 heteroatoms. The summed E-state index contributed by atoms with van der Waals surface area (Å²) in [5.41, 5.74) is 1.99. The van der Waals surface area contributed by atoms with Crippen molar-refractivity contribution in [2.75, 3.05) is 33.5 Å². The van der Waals surface area contributed by atoms with Crippen LogP contribution in [0.25, 0.3) is 0 Å². The Bertz CT molecular complexity index is 420. The summed E-state index contributed by atoms with van der Waals surface area (Å²) in [5, 5.41) is 11.4. The molecule has 0 aromatic heterocycles. The third-order valence-corrected chi connectivity index (χ3v) is 2.81. The van der Waals surface area contributed by atoms with Gasteiger partial charge in [0.2, 0.25) is 5.91 Å². The van der Waals surface area contributed by atoms with Gasteiger partial charge < -0.3 is 19.9 Å². The molecular weight excluding hydrogens is 258 g/mol. The van der Waals surface area contributed by atoms with Gasteiger partial charge in [0.1, 0.15) is 5.75 Å². The monoisotopic (exact) mass is 281 g/mol. The second-order valence-electron chi connectivity index (χ2n) is 4.53. The van der Waals surface area contributed by atoms with Gasteiger partial charge in [0.15, 0.2) is 0 Å². The maximum absolute atomic E-state index is 11.8. The number of hydrogen-bond donors (Lipinski definition) is 2. The van der Waals surface area contributed by atoms with Crippen LogP contribution in [-0.4, -0.2) is 44.5 Å². The number of methoxy groups -OCH3 is 1. The first-order valence-electron chi connectivity index (χ1n) is 6.76. The van der Waals surface area contributed by atoms with Crippen molar-refractivity contribution in [1.82, 2.24) is 5.32 Å². The van der Waals surface area contributed by atoms with Gasteiger partial charge in [-0.2, -0.15) is 0 Å². The van der Waals surface area contributed by atoms with E-state index >= 15 is 0 Å². The molecule has 0 aliphatic rings. The molecule has 112 valence electrons. The molecule has 1 amide bonds. The van der Waals surface area contributed by atoms with E-state index in [1.54, 1.807) is 7.11 Å². The van der Waals surface area contributed by atoms with Crippen LogP contribution < -0.4 is 10.1 Å². The Morgan fingerprint density at radius 2 is 2.15 bits per heavy atom. The fourth-order valence-electron chi connectivity index (χ4n) is 1.85. The molecule has 0 radical (unpaired) electrons. The molecule has 0 saturated carbocycles. The standard InChI is InChI=1S/C15H23NO4/c1-12-4-5-14(19-2)13(10-12)11-15(18)16-6-3-8-20-9-7-17/h4-5,10,17H,3,6-9,11H2,1-2H3,(H,16,18). The number of carbonyl (C=O) groups excluding carboxylic acids is 1. The van der Waals surface area contributed by atoms with Gasteiger partial charge in [0, 0.05) is 18.7 Å². The quantitative estimate of drug-likeness (QED) is 0.664. The lowest BCUT2D eigenvalue weighted by Gasteiger charge is -2.10. The molecule has 0 fully saturated rings. The summed E-state index contributed by atoms with van der Waals surface area (Å²) in [6.07, 6.45) is 1.04. The molecule has 1 rings (SSSR count). The number of aliphatic hydroxyl groups is 1. The number of ether oxygens (including phenoxy) is 2. The van der Waals surface area contributed by atoms with Crippen LogP contribution >= 0.6 is 0 Å². The predicted octanol–water partition coefficient (Wildman–Crippen LogP) is 1.06. The molecule has 0 spiro atoms. The molecule has 0 unspecified atom stereocenters. The molecule has 1 aromatic carbocycles. The molecule has 0 aliphatic heterocycles. The fraction of sp³-hybridized carbons (Fsp3) is 0.533. The first-order valence-corrected chi connectivity index (χ1v) is 6.76. The van der Waals surface area contributed by atoms with Crippen molar-refractivity contribution < 1.29 is 19.4 Å². The highest BCUT2D eigenvalue weighted by Gasteiger charge is 2.08. The van der Waals surface area contributed by atoms with Gasteiger partial charge in [0.25, 0.3) is 0 Å². The van der Waals surface area contributed by atoms with Gasteiger partial charge in [-0.3, -0.25) is 4.79 Å². The molecule has 2 N–H and O–H groups in total. The number of benzene rings is 1. The third kappa shape index (κ3) is 6.04. The van der Waals surface area contributed by atoms with Crippen LogP contribution in [0.5, 0.6) is 5.75 Å². The first kappa shape index (κ1) is 16.5. The van der Waals surface area contributed by atoms with E-state index in [9.17, 15) is 4.79 Å². The van der Waals surface area contributed by atoms with Gasteiger partial charge in [-0.05, 0) is 19.4 Å². The lowest BCUT2D eigenvalue weighted by Crippen LogP contribution is -2.27. The largest absolute Gasteiger partial charge is 0.496 e. The van der Waals surface area contributed by atoms with E-state index in [0.717, 1.165) is 23.3 Å². The van der Waals surface area contributed by atoms with Crippen LogP contribution in [0.15, 0.2) is 18.2 Å². The zero-order chi connectivity index (χ0) is 14.8. The number of aliphatic hydroxyl groups excluding tert-OH is 1. The van der Waals surface area contributed by atoms with Crippen molar-refractivity contribution in [3.8, 4) is 5.75 Å². The Morgan fingerprint density at radius 1 is 1.35 bits per heavy atom. The van der Waals surface area contributed by atoms with Gasteiger partial charge in [0.05, 0.1) is 26.7 Å². The van der Waals surface area contributed by atoms with Crippen molar-refractivity contribution in [1.29, 1.82) is 0 Å². The van der Waals surface area contributed by atoms with E-state index in [-0.39, 0.29) is 12.5 Å². The smallest absolute Gasteiger partial charge is 0.224 e. The van der Waals surface area contributed by atoms with E-state index in [4.69, 9.17) is 14.6 Å². The molecule has 0 saturated heterocycles. The lowest BCUT2D eigenvalue weighted by atomic mass is 10.1. The van der Waals surface area contributed by atoms with E-state index in [2.05, 4.69) is 5.32 Å². The number of rotatable bonds is 9. The second kappa shape index (κ2) is 9.34. The number of aryl methyl sites for hydroxylation is 1. The molecule has 1 aromatic rings. The fourth-order valence-corrected chi connectivity index (χ4v) is 1.85. The Morgan fingerprint density at radius 3 is 2.85 bits per heavy atom. The van der Waals surface area contributed by atoms with Crippen molar-refractivity contribution in [2.24, 2.45) is 0 Å². The molecule has 0 atom stereocenters. The highest BCUT2D eigenvalue weighted by Crippen LogP contribution is 2.19. The van der Waals surface area contributed by atoms with E-state index < -0.39 is 0 Å². The van der Waals surface area contributed by atoms with Gasteiger partial charge in [-0.1, -0.05) is 17.7 Å². The van der Waals surface area contributed by atoms with Crippen molar-refractivity contribution in [3.05, 3.63) is 29.3 Å². The van der Waals surface area contributed by atoms with Crippen LogP contribution in [-0.2, 0) is 16.0 Å². The second-order valence-corrected chi connectivity index (χ2v) is 4.53. The molecular formula is C15H23NO4. The molecule has 0 heterocycles. The van der Waals surface area contributed by atoms with E-state index in [0.29, 0.717) is 26.2 Å². The number of amides is 1. The van der Waals surface area contributed by atoms with Crippen LogP contribution in [0.3, 0.4) is 0 Å². The topological polar surface area (TPSA) is 67.8 Å². The lowest BCUT2D eigenvalue weighted by molar-refractivity contribution is -0.120.